The van der Waals surface area contributed by atoms with E-state index in [1.807, 2.05) is 6.07 Å². The summed E-state index contributed by atoms with van der Waals surface area (Å²) >= 11 is 0. The van der Waals surface area contributed by atoms with Crippen LogP contribution in [0.4, 0.5) is 8.78 Å². The van der Waals surface area contributed by atoms with E-state index in [1.165, 1.54) is 0 Å². The number of hydrogen-bond donors (Lipinski definition) is 0. The van der Waals surface area contributed by atoms with Gasteiger partial charge in [0.15, 0.2) is 17.4 Å². The van der Waals surface area contributed by atoms with Gasteiger partial charge in [0.25, 0.3) is 0 Å². The first-order valence-electron chi connectivity index (χ1n) is 4.67. The summed E-state index contributed by atoms with van der Waals surface area (Å²) in [7, 11) is 0. The van der Waals surface area contributed by atoms with Gasteiger partial charge >= 0.3 is 0 Å². The summed E-state index contributed by atoms with van der Waals surface area (Å²) in [6.45, 7) is 1.55. The number of carbonyl (C=O) groups excluding carboxylic acids is 1. The van der Waals surface area contributed by atoms with E-state index in [-0.39, 0.29) is 17.8 Å². The normalized spacial score (nSPS) is 17.0. The fourth-order valence-electron chi connectivity index (χ4n) is 1.78. The SMILES string of the molecule is CC(C#N)=C1CC(=O)c2cc(F)c(F)cc21. The van der Waals surface area contributed by atoms with Crippen LogP contribution < -0.4 is 0 Å². The molecule has 0 aliphatic heterocycles. The molecule has 16 heavy (non-hydrogen) atoms. The van der Waals surface area contributed by atoms with Gasteiger partial charge in [-0.25, -0.2) is 8.78 Å². The second kappa shape index (κ2) is 3.53. The maximum absolute atomic E-state index is 13.0. The van der Waals surface area contributed by atoms with Gasteiger partial charge in [-0.3, -0.25) is 4.79 Å². The van der Waals surface area contributed by atoms with Crippen LogP contribution in [0.3, 0.4) is 0 Å². The molecule has 0 radical (unpaired) electrons. The van der Waals surface area contributed by atoms with Crippen molar-refractivity contribution >= 4 is 11.4 Å². The number of allylic oxidation sites excluding steroid dienone is 2. The molecule has 4 heteroatoms. The number of halogens is 2. The summed E-state index contributed by atoms with van der Waals surface area (Å²) in [6.07, 6.45) is 0.0393. The van der Waals surface area contributed by atoms with Gasteiger partial charge < -0.3 is 0 Å². The lowest BCUT2D eigenvalue weighted by Crippen LogP contribution is -1.94. The lowest BCUT2D eigenvalue weighted by atomic mass is 10.0. The highest BCUT2D eigenvalue weighted by molar-refractivity contribution is 6.12. The van der Waals surface area contributed by atoms with Crippen molar-refractivity contribution in [3.8, 4) is 6.07 Å². The van der Waals surface area contributed by atoms with Crippen molar-refractivity contribution in [2.24, 2.45) is 0 Å². The van der Waals surface area contributed by atoms with Gasteiger partial charge in [0.05, 0.1) is 6.07 Å². The maximum atomic E-state index is 13.0. The number of fused-ring (bicyclic) bond motifs is 1. The van der Waals surface area contributed by atoms with Gasteiger partial charge in [-0.2, -0.15) is 5.26 Å². The topological polar surface area (TPSA) is 40.9 Å². The summed E-state index contributed by atoms with van der Waals surface area (Å²) in [5.41, 5.74) is 1.34. The van der Waals surface area contributed by atoms with Crippen molar-refractivity contribution in [3.63, 3.8) is 0 Å². The average Bonchev–Trinajstić information content (AvgIpc) is 2.56. The smallest absolute Gasteiger partial charge is 0.168 e. The second-order valence-electron chi connectivity index (χ2n) is 3.63. The molecule has 0 fully saturated rings. The van der Waals surface area contributed by atoms with Crippen LogP contribution in [-0.4, -0.2) is 5.78 Å². The number of hydrogen-bond acceptors (Lipinski definition) is 2. The molecule has 1 aromatic carbocycles. The molecule has 0 spiro atoms. The van der Waals surface area contributed by atoms with Crippen molar-refractivity contribution in [2.45, 2.75) is 13.3 Å². The first-order valence-corrected chi connectivity index (χ1v) is 4.67. The zero-order valence-electron chi connectivity index (χ0n) is 8.47. The molecule has 1 aliphatic rings. The van der Waals surface area contributed by atoms with Crippen molar-refractivity contribution in [3.05, 3.63) is 40.5 Å². The molecule has 0 amide bonds. The van der Waals surface area contributed by atoms with Crippen LogP contribution >= 0.6 is 0 Å². The largest absolute Gasteiger partial charge is 0.294 e. The molecule has 2 rings (SSSR count). The predicted octanol–water partition coefficient (Wildman–Crippen LogP) is 2.85. The number of nitriles is 1. The van der Waals surface area contributed by atoms with Crippen LogP contribution in [0.5, 0.6) is 0 Å². The van der Waals surface area contributed by atoms with E-state index < -0.39 is 11.6 Å². The summed E-state index contributed by atoms with van der Waals surface area (Å²) in [5, 5.41) is 8.74. The molecule has 0 saturated carbocycles. The fourth-order valence-corrected chi connectivity index (χ4v) is 1.78. The third-order valence-electron chi connectivity index (χ3n) is 2.64. The van der Waals surface area contributed by atoms with Crippen molar-refractivity contribution in [1.82, 2.24) is 0 Å². The number of rotatable bonds is 0. The Labute approximate surface area is 90.8 Å². The Balaban J connectivity index is 2.73. The van der Waals surface area contributed by atoms with E-state index in [9.17, 15) is 13.6 Å². The zero-order chi connectivity index (χ0) is 11.9. The maximum Gasteiger partial charge on any atom is 0.168 e. The minimum absolute atomic E-state index is 0.0393. The summed E-state index contributed by atoms with van der Waals surface area (Å²) in [6, 6.07) is 3.79. The highest BCUT2D eigenvalue weighted by atomic mass is 19.2. The van der Waals surface area contributed by atoms with E-state index in [1.54, 1.807) is 6.92 Å². The Morgan fingerprint density at radius 3 is 2.44 bits per heavy atom. The number of nitrogens with zero attached hydrogens (tertiary/aromatic N) is 1. The van der Waals surface area contributed by atoms with E-state index in [4.69, 9.17) is 5.26 Å². The molecule has 80 valence electrons. The van der Waals surface area contributed by atoms with Crippen LogP contribution in [0, 0.1) is 23.0 Å². The molecule has 0 aromatic heterocycles. The van der Waals surface area contributed by atoms with Gasteiger partial charge in [-0.05, 0) is 30.2 Å². The fraction of sp³-hybridized carbons (Fsp3) is 0.167. The third-order valence-corrected chi connectivity index (χ3v) is 2.64. The Morgan fingerprint density at radius 2 is 1.88 bits per heavy atom. The number of Topliss-reactive ketones (excluding diaryl/α,β-unsaturated/α-hetero) is 1. The molecular formula is C12H7F2NO. The average molecular weight is 219 g/mol. The monoisotopic (exact) mass is 219 g/mol. The second-order valence-corrected chi connectivity index (χ2v) is 3.63. The molecule has 1 aliphatic carbocycles. The molecule has 0 atom stereocenters. The number of carbonyl (C=O) groups is 1. The van der Waals surface area contributed by atoms with Crippen LogP contribution in [-0.2, 0) is 0 Å². The van der Waals surface area contributed by atoms with Crippen molar-refractivity contribution in [1.29, 1.82) is 5.26 Å². The molecule has 0 heterocycles. The van der Waals surface area contributed by atoms with Crippen LogP contribution in [0.1, 0.15) is 29.3 Å². The van der Waals surface area contributed by atoms with Gasteiger partial charge in [-0.15, -0.1) is 0 Å². The van der Waals surface area contributed by atoms with Gasteiger partial charge in [-0.1, -0.05) is 0 Å². The van der Waals surface area contributed by atoms with E-state index in [0.717, 1.165) is 12.1 Å². The van der Waals surface area contributed by atoms with Gasteiger partial charge in [0, 0.05) is 17.6 Å². The van der Waals surface area contributed by atoms with Crippen LogP contribution in [0.2, 0.25) is 0 Å². The molecule has 0 unspecified atom stereocenters. The number of benzene rings is 1. The summed E-state index contributed by atoms with van der Waals surface area (Å²) < 4.78 is 26.0. The van der Waals surface area contributed by atoms with Crippen LogP contribution in [0.25, 0.3) is 5.57 Å². The molecule has 0 saturated heterocycles. The Kier molecular flexibility index (Phi) is 2.31. The third kappa shape index (κ3) is 1.41. The first kappa shape index (κ1) is 10.5. The summed E-state index contributed by atoms with van der Waals surface area (Å²) in [5.74, 6) is -2.32. The molecule has 0 N–H and O–H groups in total. The predicted molar refractivity (Wildman–Crippen MR) is 53.5 cm³/mol. The standard InChI is InChI=1S/C12H7F2NO/c1-6(5-15)7-4-12(16)9-3-11(14)10(13)2-8(7)9/h2-3H,4H2,1H3. The minimum atomic E-state index is -1.04. The summed E-state index contributed by atoms with van der Waals surface area (Å²) in [4.78, 5) is 11.5. The molecule has 1 aromatic rings. The number of ketones is 1. The van der Waals surface area contributed by atoms with E-state index in [0.29, 0.717) is 16.7 Å². The lowest BCUT2D eigenvalue weighted by Gasteiger charge is -2.01. The van der Waals surface area contributed by atoms with Crippen molar-refractivity contribution < 1.29 is 13.6 Å². The highest BCUT2D eigenvalue weighted by Crippen LogP contribution is 2.35. The Morgan fingerprint density at radius 1 is 1.31 bits per heavy atom. The molecule has 0 bridgehead atoms. The Bertz CT molecular complexity index is 567. The van der Waals surface area contributed by atoms with E-state index in [2.05, 4.69) is 0 Å². The molecular weight excluding hydrogens is 212 g/mol. The van der Waals surface area contributed by atoms with Crippen LogP contribution in [0.15, 0.2) is 17.7 Å². The van der Waals surface area contributed by atoms with Crippen molar-refractivity contribution in [2.75, 3.05) is 0 Å². The zero-order valence-corrected chi connectivity index (χ0v) is 8.47. The minimum Gasteiger partial charge on any atom is -0.294 e. The lowest BCUT2D eigenvalue weighted by molar-refractivity contribution is 0.100. The van der Waals surface area contributed by atoms with Gasteiger partial charge in [0.1, 0.15) is 0 Å². The highest BCUT2D eigenvalue weighted by Gasteiger charge is 2.27. The van der Waals surface area contributed by atoms with Gasteiger partial charge in [0.2, 0.25) is 0 Å². The molecule has 2 nitrogen and oxygen atoms in total. The Hall–Kier alpha value is -2.02. The quantitative estimate of drug-likeness (QED) is 0.629. The van der Waals surface area contributed by atoms with E-state index >= 15 is 0 Å². The first-order chi connectivity index (χ1) is 7.54.